The molecule has 3 N–H and O–H groups in total. The summed E-state index contributed by atoms with van der Waals surface area (Å²) < 4.78 is 0. The fraction of sp³-hybridized carbons (Fsp3) is 0.286. The smallest absolute Gasteiger partial charge is 0.159 e. The maximum atomic E-state index is 6.40. The van der Waals surface area contributed by atoms with Gasteiger partial charge in [-0.05, 0) is 43.2 Å². The van der Waals surface area contributed by atoms with E-state index in [4.69, 9.17) is 17.3 Å². The van der Waals surface area contributed by atoms with Crippen LogP contribution in [0.5, 0.6) is 0 Å². The molecule has 150 valence electrons. The van der Waals surface area contributed by atoms with Gasteiger partial charge in [0.15, 0.2) is 16.8 Å². The summed E-state index contributed by atoms with van der Waals surface area (Å²) in [5.74, 6) is 1.27. The molecule has 7 nitrogen and oxygen atoms in total. The standard InChI is InChI=1S/C21H24ClN7/c1-14-5-3-7-17(15(14)2)28-9-11-29(12-10-28)21-18(23)20(25-13-26-21)27-16-6-4-8-24-19(16)22/h3-8,13H,9-12,23H2,1-2H3,(H,25,26,27). The van der Waals surface area contributed by atoms with Gasteiger partial charge in [0.2, 0.25) is 0 Å². The van der Waals surface area contributed by atoms with Gasteiger partial charge in [0.05, 0.1) is 5.69 Å². The van der Waals surface area contributed by atoms with Crippen molar-refractivity contribution in [2.75, 3.05) is 47.0 Å². The lowest BCUT2D eigenvalue weighted by Gasteiger charge is -2.38. The molecule has 1 aliphatic rings. The van der Waals surface area contributed by atoms with Gasteiger partial charge in [-0.25, -0.2) is 15.0 Å². The van der Waals surface area contributed by atoms with E-state index in [-0.39, 0.29) is 0 Å². The predicted molar refractivity (Wildman–Crippen MR) is 119 cm³/mol. The van der Waals surface area contributed by atoms with Crippen molar-refractivity contribution in [3.05, 3.63) is 59.1 Å². The van der Waals surface area contributed by atoms with Gasteiger partial charge in [-0.2, -0.15) is 0 Å². The Morgan fingerprint density at radius 3 is 2.48 bits per heavy atom. The third-order valence-corrected chi connectivity index (χ3v) is 5.67. The van der Waals surface area contributed by atoms with Gasteiger partial charge < -0.3 is 20.9 Å². The lowest BCUT2D eigenvalue weighted by Crippen LogP contribution is -2.47. The minimum atomic E-state index is 0.370. The molecule has 1 aliphatic heterocycles. The molecular weight excluding hydrogens is 386 g/mol. The number of nitrogen functional groups attached to an aromatic ring is 1. The summed E-state index contributed by atoms with van der Waals surface area (Å²) in [6, 6.07) is 10.1. The summed E-state index contributed by atoms with van der Waals surface area (Å²) in [5.41, 5.74) is 11.5. The van der Waals surface area contributed by atoms with Crippen LogP contribution in [-0.2, 0) is 0 Å². The van der Waals surface area contributed by atoms with Crippen molar-refractivity contribution in [1.82, 2.24) is 15.0 Å². The molecule has 1 saturated heterocycles. The zero-order valence-corrected chi connectivity index (χ0v) is 17.3. The van der Waals surface area contributed by atoms with Crippen molar-refractivity contribution < 1.29 is 0 Å². The molecule has 0 bridgehead atoms. The first-order valence-corrected chi connectivity index (χ1v) is 9.96. The van der Waals surface area contributed by atoms with Crippen LogP contribution in [0.15, 0.2) is 42.9 Å². The highest BCUT2D eigenvalue weighted by molar-refractivity contribution is 6.32. The first-order chi connectivity index (χ1) is 14.0. The molecule has 4 rings (SSSR count). The molecule has 0 unspecified atom stereocenters. The monoisotopic (exact) mass is 409 g/mol. The molecule has 0 aliphatic carbocycles. The van der Waals surface area contributed by atoms with E-state index in [9.17, 15) is 0 Å². The van der Waals surface area contributed by atoms with E-state index in [0.29, 0.717) is 22.3 Å². The number of hydrogen-bond acceptors (Lipinski definition) is 7. The Morgan fingerprint density at radius 2 is 1.72 bits per heavy atom. The highest BCUT2D eigenvalue weighted by Crippen LogP contribution is 2.31. The van der Waals surface area contributed by atoms with Crippen molar-refractivity contribution in [1.29, 1.82) is 0 Å². The number of rotatable bonds is 4. The lowest BCUT2D eigenvalue weighted by atomic mass is 10.1. The second kappa shape index (κ2) is 8.13. The van der Waals surface area contributed by atoms with Crippen LogP contribution in [0.3, 0.4) is 0 Å². The number of nitrogens with two attached hydrogens (primary N) is 1. The summed E-state index contributed by atoms with van der Waals surface area (Å²) in [6.45, 7) is 7.82. The third kappa shape index (κ3) is 3.91. The SMILES string of the molecule is Cc1cccc(N2CCN(c3ncnc(Nc4cccnc4Cl)c3N)CC2)c1C. The first-order valence-electron chi connectivity index (χ1n) is 9.58. The van der Waals surface area contributed by atoms with Crippen molar-refractivity contribution in [2.24, 2.45) is 0 Å². The van der Waals surface area contributed by atoms with Gasteiger partial charge in [-0.15, -0.1) is 0 Å². The molecule has 0 amide bonds. The highest BCUT2D eigenvalue weighted by Gasteiger charge is 2.22. The summed E-state index contributed by atoms with van der Waals surface area (Å²) in [6.07, 6.45) is 3.16. The van der Waals surface area contributed by atoms with E-state index in [1.54, 1.807) is 12.3 Å². The number of hydrogen-bond donors (Lipinski definition) is 2. The first kappa shape index (κ1) is 19.3. The van der Waals surface area contributed by atoms with Gasteiger partial charge in [0, 0.05) is 38.1 Å². The van der Waals surface area contributed by atoms with Crippen molar-refractivity contribution in [3.8, 4) is 0 Å². The molecule has 3 heterocycles. The molecule has 0 radical (unpaired) electrons. The molecule has 0 atom stereocenters. The number of aromatic nitrogens is 3. The van der Waals surface area contributed by atoms with Crippen molar-refractivity contribution >= 4 is 40.3 Å². The van der Waals surface area contributed by atoms with Crippen LogP contribution in [-0.4, -0.2) is 41.1 Å². The van der Waals surface area contributed by atoms with Crippen LogP contribution < -0.4 is 20.9 Å². The number of pyridine rings is 1. The Labute approximate surface area is 175 Å². The van der Waals surface area contributed by atoms with Crippen LogP contribution >= 0.6 is 11.6 Å². The van der Waals surface area contributed by atoms with Crippen molar-refractivity contribution in [3.63, 3.8) is 0 Å². The zero-order valence-electron chi connectivity index (χ0n) is 16.6. The Kier molecular flexibility index (Phi) is 5.40. The molecule has 3 aromatic rings. The van der Waals surface area contributed by atoms with Crippen LogP contribution in [0.4, 0.5) is 28.7 Å². The van der Waals surface area contributed by atoms with E-state index in [0.717, 1.165) is 32.0 Å². The number of anilines is 5. The molecule has 2 aromatic heterocycles. The summed E-state index contributed by atoms with van der Waals surface area (Å²) in [7, 11) is 0. The maximum Gasteiger partial charge on any atom is 0.159 e. The van der Waals surface area contributed by atoms with E-state index in [1.165, 1.54) is 23.1 Å². The van der Waals surface area contributed by atoms with Crippen LogP contribution in [0.2, 0.25) is 5.15 Å². The number of halogens is 1. The van der Waals surface area contributed by atoms with Crippen molar-refractivity contribution in [2.45, 2.75) is 13.8 Å². The molecular formula is C21H24ClN7. The van der Waals surface area contributed by atoms with Crippen LogP contribution in [0.25, 0.3) is 0 Å². The molecule has 1 aromatic carbocycles. The Bertz CT molecular complexity index is 1020. The average molecular weight is 410 g/mol. The third-order valence-electron chi connectivity index (χ3n) is 5.37. The van der Waals surface area contributed by atoms with E-state index in [2.05, 4.69) is 62.1 Å². The Balaban J connectivity index is 1.50. The second-order valence-electron chi connectivity index (χ2n) is 7.12. The minimum Gasteiger partial charge on any atom is -0.393 e. The van der Waals surface area contributed by atoms with Gasteiger partial charge in [-0.1, -0.05) is 23.7 Å². The topological polar surface area (TPSA) is 83.2 Å². The number of benzene rings is 1. The number of nitrogens with zero attached hydrogens (tertiary/aromatic N) is 5. The molecule has 29 heavy (non-hydrogen) atoms. The summed E-state index contributed by atoms with van der Waals surface area (Å²) in [5, 5.41) is 3.53. The fourth-order valence-electron chi connectivity index (χ4n) is 3.58. The zero-order chi connectivity index (χ0) is 20.4. The molecule has 8 heteroatoms. The largest absolute Gasteiger partial charge is 0.393 e. The van der Waals surface area contributed by atoms with E-state index >= 15 is 0 Å². The van der Waals surface area contributed by atoms with E-state index < -0.39 is 0 Å². The molecule has 0 spiro atoms. The molecule has 1 fully saturated rings. The Morgan fingerprint density at radius 1 is 0.966 bits per heavy atom. The quantitative estimate of drug-likeness (QED) is 0.634. The lowest BCUT2D eigenvalue weighted by molar-refractivity contribution is 0.646. The van der Waals surface area contributed by atoms with Gasteiger partial charge in [-0.3, -0.25) is 0 Å². The fourth-order valence-corrected chi connectivity index (χ4v) is 3.75. The van der Waals surface area contributed by atoms with Gasteiger partial charge in [0.1, 0.15) is 12.0 Å². The van der Waals surface area contributed by atoms with Crippen LogP contribution in [0.1, 0.15) is 11.1 Å². The number of nitrogens with one attached hydrogen (secondary N) is 1. The minimum absolute atomic E-state index is 0.370. The maximum absolute atomic E-state index is 6.40. The second-order valence-corrected chi connectivity index (χ2v) is 7.48. The summed E-state index contributed by atoms with van der Waals surface area (Å²) >= 11 is 6.14. The van der Waals surface area contributed by atoms with Gasteiger partial charge >= 0.3 is 0 Å². The Hall–Kier alpha value is -3.06. The average Bonchev–Trinajstić information content (AvgIpc) is 2.73. The number of piperazine rings is 1. The predicted octanol–water partition coefficient (Wildman–Crippen LogP) is 3.79. The summed E-state index contributed by atoms with van der Waals surface area (Å²) in [4.78, 5) is 17.4. The van der Waals surface area contributed by atoms with Crippen LogP contribution in [0, 0.1) is 13.8 Å². The number of aryl methyl sites for hydroxylation is 1. The normalized spacial score (nSPS) is 14.2. The van der Waals surface area contributed by atoms with E-state index in [1.807, 2.05) is 6.07 Å². The highest BCUT2D eigenvalue weighted by atomic mass is 35.5. The molecule has 0 saturated carbocycles. The van der Waals surface area contributed by atoms with Gasteiger partial charge in [0.25, 0.3) is 0 Å².